The van der Waals surface area contributed by atoms with Crippen molar-refractivity contribution in [1.29, 1.82) is 0 Å². The normalized spacial score (nSPS) is 18.6. The zero-order valence-electron chi connectivity index (χ0n) is 17.3. The fourth-order valence-electron chi connectivity index (χ4n) is 3.95. The minimum atomic E-state index is -0.921. The summed E-state index contributed by atoms with van der Waals surface area (Å²) in [7, 11) is 1.47. The highest BCUT2D eigenvalue weighted by Crippen LogP contribution is 2.45. The molecule has 1 saturated heterocycles. The molecule has 1 amide bonds. The van der Waals surface area contributed by atoms with Gasteiger partial charge < -0.3 is 19.3 Å². The highest BCUT2D eigenvalue weighted by atomic mass is 35.5. The zero-order chi connectivity index (χ0) is 23.1. The number of hydrogen-bond acceptors (Lipinski definition) is 7. The lowest BCUT2D eigenvalue weighted by Crippen LogP contribution is -2.29. The standard InChI is InChI=1S/C24H17ClN2O6/c1-31-15-3-4-17(25)16(11-15)22(28)20-21(13-6-8-26-9-7-13)27(24(30)23(20)29)14-2-5-18-19(10-14)33-12-32-18/h2-11,21,28H,12H2,1H3/b22-20+. The SMILES string of the molecule is COc1ccc(Cl)c(/C(O)=C2\C(=O)C(=O)N(c3ccc4c(c3)OCO4)C2c2ccncc2)c1. The number of aliphatic hydroxyl groups excluding tert-OH is 1. The van der Waals surface area contributed by atoms with Gasteiger partial charge in [0.2, 0.25) is 6.79 Å². The number of ketones is 1. The summed E-state index contributed by atoms with van der Waals surface area (Å²) in [5, 5.41) is 11.4. The number of carbonyl (C=O) groups is 2. The minimum Gasteiger partial charge on any atom is -0.507 e. The highest BCUT2D eigenvalue weighted by molar-refractivity contribution is 6.52. The largest absolute Gasteiger partial charge is 0.507 e. The number of carbonyl (C=O) groups excluding carboxylic acids is 2. The molecule has 8 nitrogen and oxygen atoms in total. The molecule has 1 N–H and O–H groups in total. The number of Topliss-reactive ketones (excluding diaryl/α,β-unsaturated/α-hetero) is 1. The van der Waals surface area contributed by atoms with Crippen molar-refractivity contribution in [2.45, 2.75) is 6.04 Å². The first-order valence-corrected chi connectivity index (χ1v) is 10.3. The number of rotatable bonds is 4. The van der Waals surface area contributed by atoms with Gasteiger partial charge in [-0.15, -0.1) is 0 Å². The number of benzene rings is 2. The molecule has 2 aliphatic heterocycles. The summed E-state index contributed by atoms with van der Waals surface area (Å²) in [6.45, 7) is 0.0692. The van der Waals surface area contributed by atoms with Crippen molar-refractivity contribution in [3.63, 3.8) is 0 Å². The van der Waals surface area contributed by atoms with Crippen molar-refractivity contribution in [2.24, 2.45) is 0 Å². The second-order valence-corrected chi connectivity index (χ2v) is 7.74. The van der Waals surface area contributed by atoms with Gasteiger partial charge in [0.25, 0.3) is 11.7 Å². The molecule has 166 valence electrons. The van der Waals surface area contributed by atoms with Gasteiger partial charge in [-0.3, -0.25) is 19.5 Å². The van der Waals surface area contributed by atoms with Crippen molar-refractivity contribution in [2.75, 3.05) is 18.8 Å². The number of halogens is 1. The molecule has 3 aromatic rings. The van der Waals surface area contributed by atoms with E-state index in [0.29, 0.717) is 28.5 Å². The quantitative estimate of drug-likeness (QED) is 0.352. The third-order valence-corrected chi connectivity index (χ3v) is 5.86. The van der Waals surface area contributed by atoms with E-state index in [1.165, 1.54) is 18.1 Å². The molecule has 1 unspecified atom stereocenters. The Morgan fingerprint density at radius 2 is 1.85 bits per heavy atom. The summed E-state index contributed by atoms with van der Waals surface area (Å²) < 4.78 is 16.0. The number of amides is 1. The van der Waals surface area contributed by atoms with E-state index >= 15 is 0 Å². The molecule has 0 spiro atoms. The van der Waals surface area contributed by atoms with Crippen LogP contribution in [0.3, 0.4) is 0 Å². The van der Waals surface area contributed by atoms with E-state index in [1.807, 2.05) is 0 Å². The fourth-order valence-corrected chi connectivity index (χ4v) is 4.16. The molecular weight excluding hydrogens is 448 g/mol. The minimum absolute atomic E-state index is 0.0692. The first-order chi connectivity index (χ1) is 16.0. The molecule has 3 heterocycles. The molecule has 0 radical (unpaired) electrons. The van der Waals surface area contributed by atoms with Crippen molar-refractivity contribution < 1.29 is 28.9 Å². The summed E-state index contributed by atoms with van der Waals surface area (Å²) in [5.74, 6) is -0.603. The van der Waals surface area contributed by atoms with Gasteiger partial charge in [-0.05, 0) is 48.0 Å². The van der Waals surface area contributed by atoms with Crippen LogP contribution in [0.2, 0.25) is 5.02 Å². The lowest BCUT2D eigenvalue weighted by molar-refractivity contribution is -0.132. The Balaban J connectivity index is 1.72. The van der Waals surface area contributed by atoms with Crippen LogP contribution in [-0.2, 0) is 9.59 Å². The summed E-state index contributed by atoms with van der Waals surface area (Å²) in [4.78, 5) is 31.8. The average Bonchev–Trinajstić information content (AvgIpc) is 3.41. The van der Waals surface area contributed by atoms with Crippen LogP contribution >= 0.6 is 11.6 Å². The number of aromatic nitrogens is 1. The maximum Gasteiger partial charge on any atom is 0.300 e. The lowest BCUT2D eigenvalue weighted by atomic mass is 9.95. The van der Waals surface area contributed by atoms with Gasteiger partial charge >= 0.3 is 0 Å². The molecule has 1 fully saturated rings. The van der Waals surface area contributed by atoms with Gasteiger partial charge in [0.05, 0.1) is 23.7 Å². The molecule has 1 atom stereocenters. The Morgan fingerprint density at radius 3 is 2.61 bits per heavy atom. The predicted molar refractivity (Wildman–Crippen MR) is 120 cm³/mol. The molecular formula is C24H17ClN2O6. The molecule has 1 aromatic heterocycles. The monoisotopic (exact) mass is 464 g/mol. The summed E-state index contributed by atoms with van der Waals surface area (Å²) >= 11 is 6.32. The number of hydrogen-bond donors (Lipinski definition) is 1. The molecule has 33 heavy (non-hydrogen) atoms. The van der Waals surface area contributed by atoms with Crippen molar-refractivity contribution >= 4 is 34.7 Å². The molecule has 0 bridgehead atoms. The number of anilines is 1. The van der Waals surface area contributed by atoms with Gasteiger partial charge in [0.15, 0.2) is 11.5 Å². The van der Waals surface area contributed by atoms with E-state index in [-0.39, 0.29) is 23.0 Å². The van der Waals surface area contributed by atoms with Crippen LogP contribution in [0.1, 0.15) is 17.2 Å². The summed E-state index contributed by atoms with van der Waals surface area (Å²) in [6, 6.07) is 12.1. The van der Waals surface area contributed by atoms with Crippen LogP contribution < -0.4 is 19.1 Å². The Morgan fingerprint density at radius 1 is 1.09 bits per heavy atom. The van der Waals surface area contributed by atoms with Crippen LogP contribution in [0.15, 0.2) is 66.5 Å². The second-order valence-electron chi connectivity index (χ2n) is 7.33. The Labute approximate surface area is 193 Å². The van der Waals surface area contributed by atoms with E-state index < -0.39 is 23.5 Å². The van der Waals surface area contributed by atoms with Crippen LogP contribution in [0.4, 0.5) is 5.69 Å². The summed E-state index contributed by atoms with van der Waals surface area (Å²) in [6.07, 6.45) is 3.10. The molecule has 9 heteroatoms. The predicted octanol–water partition coefficient (Wildman–Crippen LogP) is 4.10. The van der Waals surface area contributed by atoms with Gasteiger partial charge in [0.1, 0.15) is 11.5 Å². The number of ether oxygens (including phenoxy) is 3. The first-order valence-electron chi connectivity index (χ1n) is 9.94. The molecule has 0 saturated carbocycles. The second kappa shape index (κ2) is 8.14. The third-order valence-electron chi connectivity index (χ3n) is 5.53. The fraction of sp³-hybridized carbons (Fsp3) is 0.125. The molecule has 0 aliphatic carbocycles. The lowest BCUT2D eigenvalue weighted by Gasteiger charge is -2.25. The number of nitrogens with zero attached hydrogens (tertiary/aromatic N) is 2. The van der Waals surface area contributed by atoms with E-state index in [0.717, 1.165) is 0 Å². The van der Waals surface area contributed by atoms with Crippen molar-refractivity contribution in [3.8, 4) is 17.2 Å². The van der Waals surface area contributed by atoms with Crippen LogP contribution in [0.25, 0.3) is 5.76 Å². The Hall–Kier alpha value is -4.04. The topological polar surface area (TPSA) is 98.2 Å². The molecule has 2 aromatic carbocycles. The van der Waals surface area contributed by atoms with Crippen LogP contribution in [0.5, 0.6) is 17.2 Å². The van der Waals surface area contributed by atoms with Gasteiger partial charge in [-0.2, -0.15) is 0 Å². The van der Waals surface area contributed by atoms with Gasteiger partial charge in [-0.1, -0.05) is 11.6 Å². The average molecular weight is 465 g/mol. The zero-order valence-corrected chi connectivity index (χ0v) is 18.1. The maximum absolute atomic E-state index is 13.2. The smallest absolute Gasteiger partial charge is 0.300 e. The molecule has 2 aliphatic rings. The Bertz CT molecular complexity index is 1310. The van der Waals surface area contributed by atoms with Crippen LogP contribution in [0, 0.1) is 0 Å². The highest BCUT2D eigenvalue weighted by Gasteiger charge is 2.47. The van der Waals surface area contributed by atoms with E-state index in [2.05, 4.69) is 4.98 Å². The third kappa shape index (κ3) is 3.44. The van der Waals surface area contributed by atoms with Crippen molar-refractivity contribution in [3.05, 3.63) is 82.6 Å². The number of methoxy groups -OCH3 is 1. The maximum atomic E-state index is 13.2. The first kappa shape index (κ1) is 20.8. The van der Waals surface area contributed by atoms with Crippen molar-refractivity contribution in [1.82, 2.24) is 4.98 Å². The van der Waals surface area contributed by atoms with E-state index in [4.69, 9.17) is 25.8 Å². The number of pyridine rings is 1. The molecule has 5 rings (SSSR count). The Kier molecular flexibility index (Phi) is 5.14. The van der Waals surface area contributed by atoms with Gasteiger partial charge in [-0.25, -0.2) is 0 Å². The number of aliphatic hydroxyl groups is 1. The number of fused-ring (bicyclic) bond motifs is 1. The van der Waals surface area contributed by atoms with Gasteiger partial charge in [0, 0.05) is 29.7 Å². The van der Waals surface area contributed by atoms with E-state index in [1.54, 1.807) is 54.9 Å². The van der Waals surface area contributed by atoms with Crippen LogP contribution in [-0.4, -0.2) is 35.7 Å². The summed E-state index contributed by atoms with van der Waals surface area (Å²) in [5.41, 5.74) is 1.08. The van der Waals surface area contributed by atoms with E-state index in [9.17, 15) is 14.7 Å².